The highest BCUT2D eigenvalue weighted by Crippen LogP contribution is 2.36. The molecule has 2 aromatic carbocycles. The van der Waals surface area contributed by atoms with Gasteiger partial charge in [0.05, 0.1) is 23.2 Å². The summed E-state index contributed by atoms with van der Waals surface area (Å²) >= 11 is 2.26. The van der Waals surface area contributed by atoms with Gasteiger partial charge in [-0.15, -0.1) is 10.2 Å². The third-order valence-electron chi connectivity index (χ3n) is 3.91. The van der Waals surface area contributed by atoms with Crippen LogP contribution >= 0.6 is 23.5 Å². The van der Waals surface area contributed by atoms with Gasteiger partial charge in [-0.2, -0.15) is 8.75 Å². The molecule has 0 radical (unpaired) electrons. The number of ether oxygens (including phenoxy) is 2. The third kappa shape index (κ3) is 3.25. The Balaban J connectivity index is 1.24. The fraction of sp³-hybridized carbons (Fsp3) is 0.118. The minimum absolute atomic E-state index is 0.122. The van der Waals surface area contributed by atoms with Gasteiger partial charge in [-0.3, -0.25) is 4.79 Å². The molecule has 1 aliphatic heterocycles. The standard InChI is InChI=1S/C17H11N5O4S2/c23-14(18-10-2-1-3-11-15(10)22-28-21-11)7-27-17-20-19-16(26-17)9-4-5-12-13(6-9)25-8-24-12/h1-6H,7-8H2,(H,18,23). The number of carbonyl (C=O) groups excluding carboxylic acids is 1. The van der Waals surface area contributed by atoms with Crippen LogP contribution in [0.4, 0.5) is 5.69 Å². The van der Waals surface area contributed by atoms with Gasteiger partial charge in [0.1, 0.15) is 11.0 Å². The predicted octanol–water partition coefficient (Wildman–Crippen LogP) is 3.20. The topological polar surface area (TPSA) is 112 Å². The Labute approximate surface area is 166 Å². The molecule has 0 unspecified atom stereocenters. The highest BCUT2D eigenvalue weighted by atomic mass is 32.2. The van der Waals surface area contributed by atoms with Crippen LogP contribution in [0.25, 0.3) is 22.5 Å². The Hall–Kier alpha value is -3.18. The smallest absolute Gasteiger partial charge is 0.277 e. The molecule has 0 atom stereocenters. The van der Waals surface area contributed by atoms with E-state index in [1.165, 1.54) is 0 Å². The average molecular weight is 413 g/mol. The maximum absolute atomic E-state index is 12.3. The molecular formula is C17H11N5O4S2. The second-order valence-electron chi connectivity index (χ2n) is 5.72. The number of hydrogen-bond donors (Lipinski definition) is 1. The normalized spacial score (nSPS) is 12.4. The average Bonchev–Trinajstić information content (AvgIpc) is 3.45. The molecule has 3 heterocycles. The molecule has 1 aliphatic rings. The van der Waals surface area contributed by atoms with Crippen LogP contribution in [0.5, 0.6) is 11.5 Å². The molecule has 5 rings (SSSR count). The minimum atomic E-state index is -0.201. The summed E-state index contributed by atoms with van der Waals surface area (Å²) < 4.78 is 24.6. The first-order chi connectivity index (χ1) is 13.8. The lowest BCUT2D eigenvalue weighted by molar-refractivity contribution is -0.113. The number of hydrogen-bond acceptors (Lipinski definition) is 10. The number of nitrogens with one attached hydrogen (secondary N) is 1. The molecular weight excluding hydrogens is 402 g/mol. The lowest BCUT2D eigenvalue weighted by Crippen LogP contribution is -2.14. The molecule has 2 aromatic heterocycles. The lowest BCUT2D eigenvalue weighted by Gasteiger charge is -2.04. The van der Waals surface area contributed by atoms with Crippen LogP contribution in [-0.2, 0) is 4.79 Å². The largest absolute Gasteiger partial charge is 0.454 e. The Morgan fingerprint density at radius 3 is 3.04 bits per heavy atom. The van der Waals surface area contributed by atoms with Crippen LogP contribution < -0.4 is 14.8 Å². The number of benzene rings is 2. The van der Waals surface area contributed by atoms with Gasteiger partial charge in [0.25, 0.3) is 5.22 Å². The van der Waals surface area contributed by atoms with Gasteiger partial charge < -0.3 is 19.2 Å². The molecule has 11 heteroatoms. The number of fused-ring (bicyclic) bond motifs is 2. The van der Waals surface area contributed by atoms with Gasteiger partial charge >= 0.3 is 0 Å². The summed E-state index contributed by atoms with van der Waals surface area (Å²) in [5.41, 5.74) is 2.77. The molecule has 0 spiro atoms. The van der Waals surface area contributed by atoms with Gasteiger partial charge in [-0.1, -0.05) is 17.8 Å². The molecule has 4 aromatic rings. The van der Waals surface area contributed by atoms with E-state index in [9.17, 15) is 4.79 Å². The van der Waals surface area contributed by atoms with Crippen LogP contribution in [0.3, 0.4) is 0 Å². The van der Waals surface area contributed by atoms with E-state index in [2.05, 4.69) is 24.3 Å². The second kappa shape index (κ2) is 7.09. The van der Waals surface area contributed by atoms with E-state index in [4.69, 9.17) is 13.9 Å². The fourth-order valence-electron chi connectivity index (χ4n) is 2.63. The number of thioether (sulfide) groups is 1. The zero-order valence-electron chi connectivity index (χ0n) is 14.1. The summed E-state index contributed by atoms with van der Waals surface area (Å²) in [7, 11) is 0. The third-order valence-corrected chi connectivity index (χ3v) is 5.27. The molecule has 0 saturated heterocycles. The van der Waals surface area contributed by atoms with E-state index in [1.807, 2.05) is 18.2 Å². The highest BCUT2D eigenvalue weighted by Gasteiger charge is 2.17. The van der Waals surface area contributed by atoms with Crippen molar-refractivity contribution in [1.82, 2.24) is 18.9 Å². The number of nitrogens with zero attached hydrogens (tertiary/aromatic N) is 4. The monoisotopic (exact) mass is 413 g/mol. The maximum atomic E-state index is 12.3. The van der Waals surface area contributed by atoms with Gasteiger partial charge in [-0.05, 0) is 30.3 Å². The van der Waals surface area contributed by atoms with Crippen molar-refractivity contribution in [3.63, 3.8) is 0 Å². The molecule has 0 aliphatic carbocycles. The first kappa shape index (κ1) is 17.0. The van der Waals surface area contributed by atoms with Crippen LogP contribution in [0.2, 0.25) is 0 Å². The Bertz CT molecular complexity index is 1180. The number of carbonyl (C=O) groups is 1. The van der Waals surface area contributed by atoms with E-state index in [0.717, 1.165) is 34.6 Å². The number of anilines is 1. The summed E-state index contributed by atoms with van der Waals surface area (Å²) in [6.07, 6.45) is 0. The quantitative estimate of drug-likeness (QED) is 0.493. The molecule has 28 heavy (non-hydrogen) atoms. The molecule has 0 bridgehead atoms. The van der Waals surface area contributed by atoms with Crippen molar-refractivity contribution in [3.8, 4) is 23.0 Å². The molecule has 1 N–H and O–H groups in total. The lowest BCUT2D eigenvalue weighted by atomic mass is 10.2. The van der Waals surface area contributed by atoms with Crippen molar-refractivity contribution >= 4 is 46.1 Å². The summed E-state index contributed by atoms with van der Waals surface area (Å²) in [6, 6.07) is 10.8. The SMILES string of the molecule is O=C(CSc1nnc(-c2ccc3c(c2)OCO3)o1)Nc1cccc2nsnc12. The summed E-state index contributed by atoms with van der Waals surface area (Å²) in [5, 5.41) is 11.1. The van der Waals surface area contributed by atoms with Crippen LogP contribution in [0.1, 0.15) is 0 Å². The van der Waals surface area contributed by atoms with E-state index in [1.54, 1.807) is 18.2 Å². The molecule has 1 amide bonds. The Kier molecular flexibility index (Phi) is 4.29. The number of aromatic nitrogens is 4. The summed E-state index contributed by atoms with van der Waals surface area (Å²) in [5.74, 6) is 1.58. The fourth-order valence-corrected chi connectivity index (χ4v) is 3.75. The predicted molar refractivity (Wildman–Crippen MR) is 103 cm³/mol. The maximum Gasteiger partial charge on any atom is 0.277 e. The number of amides is 1. The van der Waals surface area contributed by atoms with E-state index >= 15 is 0 Å². The minimum Gasteiger partial charge on any atom is -0.454 e. The second-order valence-corrected chi connectivity index (χ2v) is 7.17. The van der Waals surface area contributed by atoms with E-state index < -0.39 is 0 Å². The molecule has 9 nitrogen and oxygen atoms in total. The van der Waals surface area contributed by atoms with Gasteiger partial charge in [-0.25, -0.2) is 0 Å². The number of rotatable bonds is 5. The Morgan fingerprint density at radius 1 is 1.14 bits per heavy atom. The zero-order chi connectivity index (χ0) is 18.9. The van der Waals surface area contributed by atoms with Crippen LogP contribution in [0, 0.1) is 0 Å². The van der Waals surface area contributed by atoms with Crippen LogP contribution in [-0.4, -0.2) is 37.4 Å². The van der Waals surface area contributed by atoms with E-state index in [-0.39, 0.29) is 18.5 Å². The van der Waals surface area contributed by atoms with Crippen molar-refractivity contribution in [2.75, 3.05) is 17.9 Å². The van der Waals surface area contributed by atoms with Crippen molar-refractivity contribution in [2.24, 2.45) is 0 Å². The summed E-state index contributed by atoms with van der Waals surface area (Å²) in [6.45, 7) is 0.198. The first-order valence-electron chi connectivity index (χ1n) is 8.14. The van der Waals surface area contributed by atoms with Gasteiger partial charge in [0, 0.05) is 5.56 Å². The molecule has 140 valence electrons. The molecule has 0 saturated carbocycles. The van der Waals surface area contributed by atoms with Gasteiger partial charge in [0.15, 0.2) is 11.5 Å². The zero-order valence-corrected chi connectivity index (χ0v) is 15.7. The summed E-state index contributed by atoms with van der Waals surface area (Å²) in [4.78, 5) is 12.3. The van der Waals surface area contributed by atoms with E-state index in [0.29, 0.717) is 33.8 Å². The highest BCUT2D eigenvalue weighted by molar-refractivity contribution is 7.99. The Morgan fingerprint density at radius 2 is 2.07 bits per heavy atom. The molecule has 0 fully saturated rings. The van der Waals surface area contributed by atoms with Crippen molar-refractivity contribution in [3.05, 3.63) is 36.4 Å². The van der Waals surface area contributed by atoms with Gasteiger partial charge in [0.2, 0.25) is 18.6 Å². The first-order valence-corrected chi connectivity index (χ1v) is 9.85. The van der Waals surface area contributed by atoms with Crippen molar-refractivity contribution in [1.29, 1.82) is 0 Å². The van der Waals surface area contributed by atoms with Crippen molar-refractivity contribution < 1.29 is 18.7 Å². The van der Waals surface area contributed by atoms with Crippen LogP contribution in [0.15, 0.2) is 46.0 Å². The van der Waals surface area contributed by atoms with Crippen molar-refractivity contribution in [2.45, 2.75) is 5.22 Å².